The second-order valence-corrected chi connectivity index (χ2v) is 4.20. The predicted molar refractivity (Wildman–Crippen MR) is 66.2 cm³/mol. The lowest BCUT2D eigenvalue weighted by molar-refractivity contribution is 0.546. The largest absolute Gasteiger partial charge is 0.375 e. The van der Waals surface area contributed by atoms with Crippen LogP contribution < -0.4 is 5.32 Å². The second-order valence-electron chi connectivity index (χ2n) is 4.20. The van der Waals surface area contributed by atoms with E-state index in [1.807, 2.05) is 13.0 Å². The number of aromatic nitrogens is 2. The topological polar surface area (TPSA) is 29.9 Å². The van der Waals surface area contributed by atoms with E-state index in [0.29, 0.717) is 12.1 Å². The minimum atomic E-state index is -0.949. The number of rotatable bonds is 4. The normalized spacial score (nSPS) is 10.8. The van der Waals surface area contributed by atoms with Gasteiger partial charge in [-0.25, -0.2) is 13.2 Å². The molecule has 0 aliphatic carbocycles. The van der Waals surface area contributed by atoms with Crippen LogP contribution in [0, 0.1) is 17.5 Å². The molecule has 2 aromatic rings. The molecule has 2 rings (SSSR count). The van der Waals surface area contributed by atoms with Gasteiger partial charge in [0.25, 0.3) is 0 Å². The zero-order chi connectivity index (χ0) is 14.0. The molecule has 1 N–H and O–H groups in total. The lowest BCUT2D eigenvalue weighted by atomic mass is 10.2. The molecule has 0 fully saturated rings. The van der Waals surface area contributed by atoms with Crippen LogP contribution in [-0.2, 0) is 20.0 Å². The molecular formula is C13H14F3N3. The number of benzene rings is 1. The van der Waals surface area contributed by atoms with Crippen LogP contribution in [0.5, 0.6) is 0 Å². The van der Waals surface area contributed by atoms with Gasteiger partial charge in [-0.2, -0.15) is 5.10 Å². The SMILES string of the molecule is CCc1cc(CNc2c(F)cc(F)cc2F)n(C)n1. The highest BCUT2D eigenvalue weighted by Crippen LogP contribution is 2.21. The van der Waals surface area contributed by atoms with Crippen molar-refractivity contribution in [1.82, 2.24) is 9.78 Å². The summed E-state index contributed by atoms with van der Waals surface area (Å²) in [6.07, 6.45) is 0.785. The third-order valence-corrected chi connectivity index (χ3v) is 2.84. The average molecular weight is 269 g/mol. The fraction of sp³-hybridized carbons (Fsp3) is 0.308. The number of aryl methyl sites for hydroxylation is 2. The first-order valence-electron chi connectivity index (χ1n) is 5.91. The lowest BCUT2D eigenvalue weighted by Gasteiger charge is -2.09. The Bertz CT molecular complexity index is 570. The monoisotopic (exact) mass is 269 g/mol. The molecule has 0 saturated heterocycles. The van der Waals surface area contributed by atoms with Crippen molar-refractivity contribution in [2.45, 2.75) is 19.9 Å². The molecule has 1 heterocycles. The summed E-state index contributed by atoms with van der Waals surface area (Å²) in [5, 5.41) is 6.86. The zero-order valence-electron chi connectivity index (χ0n) is 10.7. The maximum Gasteiger partial charge on any atom is 0.152 e. The van der Waals surface area contributed by atoms with E-state index in [1.54, 1.807) is 11.7 Å². The van der Waals surface area contributed by atoms with Crippen LogP contribution in [0.3, 0.4) is 0 Å². The Labute approximate surface area is 109 Å². The van der Waals surface area contributed by atoms with Crippen molar-refractivity contribution in [3.05, 3.63) is 47.0 Å². The zero-order valence-corrected chi connectivity index (χ0v) is 10.7. The summed E-state index contributed by atoms with van der Waals surface area (Å²) in [5.41, 5.74) is 1.36. The van der Waals surface area contributed by atoms with Gasteiger partial charge in [-0.15, -0.1) is 0 Å². The van der Waals surface area contributed by atoms with E-state index in [4.69, 9.17) is 0 Å². The van der Waals surface area contributed by atoms with Gasteiger partial charge in [-0.1, -0.05) is 6.92 Å². The molecule has 1 aromatic carbocycles. The Balaban J connectivity index is 2.16. The maximum absolute atomic E-state index is 13.4. The van der Waals surface area contributed by atoms with Crippen LogP contribution in [0.1, 0.15) is 18.3 Å². The molecule has 0 spiro atoms. The molecule has 0 bridgehead atoms. The van der Waals surface area contributed by atoms with Crippen LogP contribution in [0.15, 0.2) is 18.2 Å². The number of anilines is 1. The van der Waals surface area contributed by atoms with E-state index in [-0.39, 0.29) is 12.2 Å². The Morgan fingerprint density at radius 3 is 2.32 bits per heavy atom. The summed E-state index contributed by atoms with van der Waals surface area (Å²) < 4.78 is 41.2. The fourth-order valence-corrected chi connectivity index (χ4v) is 1.80. The second kappa shape index (κ2) is 5.34. The highest BCUT2D eigenvalue weighted by Gasteiger charge is 2.12. The maximum atomic E-state index is 13.4. The van der Waals surface area contributed by atoms with Gasteiger partial charge in [-0.05, 0) is 12.5 Å². The lowest BCUT2D eigenvalue weighted by Crippen LogP contribution is -2.08. The first-order valence-corrected chi connectivity index (χ1v) is 5.91. The molecule has 0 aliphatic rings. The van der Waals surface area contributed by atoms with E-state index in [2.05, 4.69) is 10.4 Å². The van der Waals surface area contributed by atoms with Crippen LogP contribution in [0.2, 0.25) is 0 Å². The van der Waals surface area contributed by atoms with Crippen molar-refractivity contribution in [1.29, 1.82) is 0 Å². The van der Waals surface area contributed by atoms with Gasteiger partial charge in [0.2, 0.25) is 0 Å². The van der Waals surface area contributed by atoms with Crippen molar-refractivity contribution < 1.29 is 13.2 Å². The quantitative estimate of drug-likeness (QED) is 0.924. The van der Waals surface area contributed by atoms with E-state index < -0.39 is 17.5 Å². The molecule has 102 valence electrons. The first kappa shape index (κ1) is 13.5. The first-order chi connectivity index (χ1) is 9.01. The summed E-state index contributed by atoms with van der Waals surface area (Å²) >= 11 is 0. The van der Waals surface area contributed by atoms with Gasteiger partial charge >= 0.3 is 0 Å². The van der Waals surface area contributed by atoms with Gasteiger partial charge in [0.1, 0.15) is 11.5 Å². The summed E-state index contributed by atoms with van der Waals surface area (Å²) in [7, 11) is 1.76. The molecule has 0 unspecified atom stereocenters. The van der Waals surface area contributed by atoms with Crippen molar-refractivity contribution in [3.63, 3.8) is 0 Å². The number of nitrogens with one attached hydrogen (secondary N) is 1. The van der Waals surface area contributed by atoms with Crippen molar-refractivity contribution in [2.24, 2.45) is 7.05 Å². The molecular weight excluding hydrogens is 255 g/mol. The van der Waals surface area contributed by atoms with Gasteiger partial charge in [0.15, 0.2) is 11.6 Å². The molecule has 19 heavy (non-hydrogen) atoms. The van der Waals surface area contributed by atoms with Gasteiger partial charge in [-0.3, -0.25) is 4.68 Å². The molecule has 0 saturated carbocycles. The highest BCUT2D eigenvalue weighted by atomic mass is 19.1. The summed E-state index contributed by atoms with van der Waals surface area (Å²) in [4.78, 5) is 0. The predicted octanol–water partition coefficient (Wildman–Crippen LogP) is 3.01. The molecule has 6 heteroatoms. The number of hydrogen-bond donors (Lipinski definition) is 1. The number of hydrogen-bond acceptors (Lipinski definition) is 2. The number of halogens is 3. The minimum absolute atomic E-state index is 0.211. The standard InChI is InChI=1S/C13H14F3N3/c1-3-9-6-10(19(2)18-9)7-17-13-11(15)4-8(14)5-12(13)16/h4-6,17H,3,7H2,1-2H3. The Hall–Kier alpha value is -1.98. The van der Waals surface area contributed by atoms with Crippen molar-refractivity contribution >= 4 is 5.69 Å². The average Bonchev–Trinajstić information content (AvgIpc) is 2.69. The van der Waals surface area contributed by atoms with Gasteiger partial charge < -0.3 is 5.32 Å². The number of nitrogens with zero attached hydrogens (tertiary/aromatic N) is 2. The smallest absolute Gasteiger partial charge is 0.152 e. The van der Waals surface area contributed by atoms with Crippen LogP contribution in [0.25, 0.3) is 0 Å². The van der Waals surface area contributed by atoms with Gasteiger partial charge in [0, 0.05) is 19.2 Å². The molecule has 0 amide bonds. The third kappa shape index (κ3) is 2.89. The Morgan fingerprint density at radius 1 is 1.16 bits per heavy atom. The van der Waals surface area contributed by atoms with Crippen LogP contribution in [0.4, 0.5) is 18.9 Å². The van der Waals surface area contributed by atoms with E-state index in [9.17, 15) is 13.2 Å². The van der Waals surface area contributed by atoms with Crippen molar-refractivity contribution in [3.8, 4) is 0 Å². The Kier molecular flexibility index (Phi) is 3.78. The summed E-state index contributed by atoms with van der Waals surface area (Å²) in [6.45, 7) is 2.18. The summed E-state index contributed by atoms with van der Waals surface area (Å²) in [5.74, 6) is -2.83. The van der Waals surface area contributed by atoms with Crippen molar-refractivity contribution in [2.75, 3.05) is 5.32 Å². The third-order valence-electron chi connectivity index (χ3n) is 2.84. The van der Waals surface area contributed by atoms with Crippen LogP contribution in [-0.4, -0.2) is 9.78 Å². The highest BCUT2D eigenvalue weighted by molar-refractivity contribution is 5.46. The Morgan fingerprint density at radius 2 is 1.79 bits per heavy atom. The minimum Gasteiger partial charge on any atom is -0.375 e. The van der Waals surface area contributed by atoms with Gasteiger partial charge in [0.05, 0.1) is 17.9 Å². The van der Waals surface area contributed by atoms with E-state index in [0.717, 1.165) is 17.8 Å². The molecule has 0 atom stereocenters. The summed E-state index contributed by atoms with van der Waals surface area (Å²) in [6, 6.07) is 3.14. The molecule has 3 nitrogen and oxygen atoms in total. The van der Waals surface area contributed by atoms with E-state index in [1.165, 1.54) is 0 Å². The molecule has 0 radical (unpaired) electrons. The molecule has 1 aromatic heterocycles. The van der Waals surface area contributed by atoms with E-state index >= 15 is 0 Å². The van der Waals surface area contributed by atoms with Crippen LogP contribution >= 0.6 is 0 Å². The fourth-order valence-electron chi connectivity index (χ4n) is 1.80. The molecule has 0 aliphatic heterocycles.